The van der Waals surface area contributed by atoms with E-state index in [0.717, 1.165) is 13.1 Å². The number of ether oxygens (including phenoxy) is 1. The van der Waals surface area contributed by atoms with Crippen molar-refractivity contribution in [2.24, 2.45) is 0 Å². The number of sulfonamides is 1. The summed E-state index contributed by atoms with van der Waals surface area (Å²) in [4.78, 5) is 20.5. The van der Waals surface area contributed by atoms with Gasteiger partial charge in [-0.15, -0.1) is 0 Å². The van der Waals surface area contributed by atoms with Crippen LogP contribution in [0.5, 0.6) is 0 Å². The van der Waals surface area contributed by atoms with E-state index in [2.05, 4.69) is 9.88 Å². The molecule has 0 saturated carbocycles. The first-order chi connectivity index (χ1) is 12.4. The third-order valence-corrected chi connectivity index (χ3v) is 6.27. The Kier molecular flexibility index (Phi) is 6.23. The van der Waals surface area contributed by atoms with Gasteiger partial charge in [-0.3, -0.25) is 14.7 Å². The van der Waals surface area contributed by atoms with Crippen molar-refractivity contribution < 1.29 is 17.9 Å². The smallest absolute Gasteiger partial charge is 0.255 e. The van der Waals surface area contributed by atoms with Crippen molar-refractivity contribution in [2.75, 3.05) is 58.7 Å². The quantitative estimate of drug-likeness (QED) is 0.683. The average molecular weight is 382 g/mol. The molecule has 0 spiro atoms. The Bertz CT molecular complexity index is 707. The number of amides is 1. The Morgan fingerprint density at radius 2 is 2.12 bits per heavy atom. The molecule has 2 aliphatic rings. The molecule has 1 atom stereocenters. The summed E-state index contributed by atoms with van der Waals surface area (Å²) < 4.78 is 31.5. The highest BCUT2D eigenvalue weighted by Crippen LogP contribution is 2.20. The van der Waals surface area contributed by atoms with Gasteiger partial charge in [-0.25, -0.2) is 8.42 Å². The van der Waals surface area contributed by atoms with E-state index < -0.39 is 10.0 Å². The fourth-order valence-corrected chi connectivity index (χ4v) is 4.64. The number of rotatable bonds is 6. The van der Waals surface area contributed by atoms with Gasteiger partial charge < -0.3 is 9.64 Å². The van der Waals surface area contributed by atoms with Crippen molar-refractivity contribution in [1.29, 1.82) is 0 Å². The highest BCUT2D eigenvalue weighted by Gasteiger charge is 2.35. The largest absolute Gasteiger partial charge is 0.379 e. The van der Waals surface area contributed by atoms with Crippen LogP contribution in [0.1, 0.15) is 16.8 Å². The van der Waals surface area contributed by atoms with Gasteiger partial charge in [0, 0.05) is 57.7 Å². The van der Waals surface area contributed by atoms with E-state index in [9.17, 15) is 13.2 Å². The second-order valence-corrected chi connectivity index (χ2v) is 8.70. The molecule has 3 rings (SSSR count). The molecule has 3 heterocycles. The van der Waals surface area contributed by atoms with Gasteiger partial charge in [0.05, 0.1) is 25.0 Å². The molecule has 0 aromatic carbocycles. The number of hydrogen-bond donors (Lipinski definition) is 0. The fourth-order valence-electron chi connectivity index (χ4n) is 3.52. The predicted octanol–water partition coefficient (Wildman–Crippen LogP) is -0.110. The molecule has 1 unspecified atom stereocenters. The number of morpholine rings is 1. The normalized spacial score (nSPS) is 22.1. The van der Waals surface area contributed by atoms with Crippen molar-refractivity contribution in [1.82, 2.24) is 19.1 Å². The minimum Gasteiger partial charge on any atom is -0.379 e. The SMILES string of the molecule is CS(=O)(=O)N(CCN1CCOCC1)C1CCN(C(=O)c2cccnc2)C1. The number of aromatic nitrogens is 1. The Morgan fingerprint density at radius 1 is 1.35 bits per heavy atom. The van der Waals surface area contributed by atoms with E-state index in [0.29, 0.717) is 51.4 Å². The van der Waals surface area contributed by atoms with Crippen LogP contribution in [0.4, 0.5) is 0 Å². The summed E-state index contributed by atoms with van der Waals surface area (Å²) in [5, 5.41) is 0. The molecule has 9 heteroatoms. The van der Waals surface area contributed by atoms with Crippen molar-refractivity contribution in [3.63, 3.8) is 0 Å². The maximum atomic E-state index is 12.6. The van der Waals surface area contributed by atoms with Crippen LogP contribution in [-0.4, -0.2) is 98.2 Å². The van der Waals surface area contributed by atoms with E-state index in [1.807, 2.05) is 0 Å². The van der Waals surface area contributed by atoms with Crippen LogP contribution in [0.15, 0.2) is 24.5 Å². The van der Waals surface area contributed by atoms with Crippen LogP contribution in [0.3, 0.4) is 0 Å². The second-order valence-electron chi connectivity index (χ2n) is 6.76. The molecule has 8 nitrogen and oxygen atoms in total. The number of likely N-dealkylation sites (tertiary alicyclic amines) is 1. The lowest BCUT2D eigenvalue weighted by atomic mass is 10.2. The van der Waals surface area contributed by atoms with Gasteiger partial charge in [-0.1, -0.05) is 0 Å². The average Bonchev–Trinajstić information content (AvgIpc) is 3.11. The van der Waals surface area contributed by atoms with Gasteiger partial charge in [-0.05, 0) is 18.6 Å². The zero-order chi connectivity index (χ0) is 18.6. The molecule has 0 aliphatic carbocycles. The van der Waals surface area contributed by atoms with Crippen LogP contribution in [0.25, 0.3) is 0 Å². The summed E-state index contributed by atoms with van der Waals surface area (Å²) in [5.74, 6) is -0.0952. The Hall–Kier alpha value is -1.55. The number of carbonyl (C=O) groups excluding carboxylic acids is 1. The third-order valence-electron chi connectivity index (χ3n) is 4.93. The van der Waals surface area contributed by atoms with Gasteiger partial charge in [0.15, 0.2) is 0 Å². The van der Waals surface area contributed by atoms with E-state index in [-0.39, 0.29) is 11.9 Å². The molecule has 2 saturated heterocycles. The standard InChI is InChI=1S/C17H26N4O4S/c1-26(23,24)21(8-7-19-9-11-25-12-10-19)16-4-6-20(14-16)17(22)15-3-2-5-18-13-15/h2-3,5,13,16H,4,6-12,14H2,1H3. The highest BCUT2D eigenvalue weighted by atomic mass is 32.2. The van der Waals surface area contributed by atoms with E-state index >= 15 is 0 Å². The summed E-state index contributed by atoms with van der Waals surface area (Å²) in [6.07, 6.45) is 5.07. The molecule has 1 aromatic rings. The molecule has 2 aliphatic heterocycles. The molecule has 2 fully saturated rings. The summed E-state index contributed by atoms with van der Waals surface area (Å²) >= 11 is 0. The molecule has 0 radical (unpaired) electrons. The number of pyridine rings is 1. The summed E-state index contributed by atoms with van der Waals surface area (Å²) in [6, 6.07) is 3.29. The van der Waals surface area contributed by atoms with E-state index in [4.69, 9.17) is 4.74 Å². The van der Waals surface area contributed by atoms with Crippen molar-refractivity contribution in [3.8, 4) is 0 Å². The van der Waals surface area contributed by atoms with Crippen LogP contribution in [0, 0.1) is 0 Å². The molecule has 0 bridgehead atoms. The summed E-state index contributed by atoms with van der Waals surface area (Å²) in [5.41, 5.74) is 0.535. The van der Waals surface area contributed by atoms with Crippen LogP contribution in [0.2, 0.25) is 0 Å². The van der Waals surface area contributed by atoms with Crippen molar-refractivity contribution in [2.45, 2.75) is 12.5 Å². The number of carbonyl (C=O) groups is 1. The zero-order valence-electron chi connectivity index (χ0n) is 15.1. The summed E-state index contributed by atoms with van der Waals surface area (Å²) in [7, 11) is -3.34. The Morgan fingerprint density at radius 3 is 2.77 bits per heavy atom. The molecule has 1 aromatic heterocycles. The minimum atomic E-state index is -3.34. The lowest BCUT2D eigenvalue weighted by molar-refractivity contribution is 0.0353. The lowest BCUT2D eigenvalue weighted by Crippen LogP contribution is -2.47. The van der Waals surface area contributed by atoms with E-state index in [1.54, 1.807) is 33.7 Å². The first-order valence-corrected chi connectivity index (χ1v) is 10.8. The molecular formula is C17H26N4O4S. The maximum absolute atomic E-state index is 12.6. The topological polar surface area (TPSA) is 83.1 Å². The first kappa shape index (κ1) is 19.2. The highest BCUT2D eigenvalue weighted by molar-refractivity contribution is 7.88. The molecular weight excluding hydrogens is 356 g/mol. The van der Waals surface area contributed by atoms with Gasteiger partial charge in [0.2, 0.25) is 10.0 Å². The zero-order valence-corrected chi connectivity index (χ0v) is 15.9. The van der Waals surface area contributed by atoms with Gasteiger partial charge in [0.1, 0.15) is 0 Å². The third kappa shape index (κ3) is 4.79. The molecule has 0 N–H and O–H groups in total. The molecule has 144 valence electrons. The minimum absolute atomic E-state index is 0.0952. The van der Waals surface area contributed by atoms with Crippen LogP contribution in [-0.2, 0) is 14.8 Å². The predicted molar refractivity (Wildman–Crippen MR) is 97.4 cm³/mol. The van der Waals surface area contributed by atoms with Crippen LogP contribution < -0.4 is 0 Å². The Balaban J connectivity index is 1.62. The van der Waals surface area contributed by atoms with Crippen LogP contribution >= 0.6 is 0 Å². The number of hydrogen-bond acceptors (Lipinski definition) is 6. The van der Waals surface area contributed by atoms with Crippen molar-refractivity contribution >= 4 is 15.9 Å². The molecule has 1 amide bonds. The lowest BCUT2D eigenvalue weighted by Gasteiger charge is -2.31. The monoisotopic (exact) mass is 382 g/mol. The van der Waals surface area contributed by atoms with Gasteiger partial charge in [0.25, 0.3) is 5.91 Å². The van der Waals surface area contributed by atoms with Gasteiger partial charge >= 0.3 is 0 Å². The first-order valence-electron chi connectivity index (χ1n) is 8.91. The Labute approximate surface area is 154 Å². The second kappa shape index (κ2) is 8.43. The fraction of sp³-hybridized carbons (Fsp3) is 0.647. The van der Waals surface area contributed by atoms with Crippen molar-refractivity contribution in [3.05, 3.63) is 30.1 Å². The van der Waals surface area contributed by atoms with E-state index in [1.165, 1.54) is 6.26 Å². The maximum Gasteiger partial charge on any atom is 0.255 e. The molecule has 26 heavy (non-hydrogen) atoms. The summed E-state index contributed by atoms with van der Waals surface area (Å²) in [6.45, 7) is 5.14. The van der Waals surface area contributed by atoms with Gasteiger partial charge in [-0.2, -0.15) is 4.31 Å². The number of nitrogens with zero attached hydrogens (tertiary/aromatic N) is 4.